The van der Waals surface area contributed by atoms with Crippen LogP contribution in [0.15, 0.2) is 30.3 Å². The third kappa shape index (κ3) is 3.26. The van der Waals surface area contributed by atoms with Crippen LogP contribution in [0.2, 0.25) is 0 Å². The minimum absolute atomic E-state index is 0.0185. The molecule has 0 fully saturated rings. The summed E-state index contributed by atoms with van der Waals surface area (Å²) in [6.45, 7) is 6.32. The lowest BCUT2D eigenvalue weighted by Crippen LogP contribution is -2.19. The molecule has 1 aromatic carbocycles. The van der Waals surface area contributed by atoms with Gasteiger partial charge in [-0.05, 0) is 31.4 Å². The van der Waals surface area contributed by atoms with E-state index in [0.29, 0.717) is 17.4 Å². The number of aromatic nitrogens is 1. The summed E-state index contributed by atoms with van der Waals surface area (Å²) in [5.41, 5.74) is 7.05. The number of para-hydroxylation sites is 1. The molecule has 0 bridgehead atoms. The van der Waals surface area contributed by atoms with E-state index in [1.807, 2.05) is 37.3 Å². The van der Waals surface area contributed by atoms with Gasteiger partial charge in [0.05, 0.1) is 17.2 Å². The van der Waals surface area contributed by atoms with Crippen molar-refractivity contribution < 1.29 is 4.74 Å². The third-order valence-electron chi connectivity index (χ3n) is 3.10. The van der Waals surface area contributed by atoms with Crippen molar-refractivity contribution in [2.45, 2.75) is 33.3 Å². The van der Waals surface area contributed by atoms with E-state index in [4.69, 9.17) is 15.9 Å². The number of fused-ring (bicyclic) bond motifs is 1. The molecule has 1 unspecified atom stereocenters. The average Bonchev–Trinajstić information content (AvgIpc) is 2.36. The molecule has 1 aromatic heterocycles. The van der Waals surface area contributed by atoms with Gasteiger partial charge in [-0.15, -0.1) is 0 Å². The van der Waals surface area contributed by atoms with Crippen molar-refractivity contribution in [3.8, 4) is 5.88 Å². The first-order valence-electron chi connectivity index (χ1n) is 6.88. The van der Waals surface area contributed by atoms with Crippen LogP contribution >= 0.6 is 0 Å². The largest absolute Gasteiger partial charge is 0.474 e. The van der Waals surface area contributed by atoms with Gasteiger partial charge in [-0.3, -0.25) is 5.41 Å². The van der Waals surface area contributed by atoms with E-state index >= 15 is 0 Å². The zero-order valence-electron chi connectivity index (χ0n) is 12.2. The van der Waals surface area contributed by atoms with Gasteiger partial charge in [0.15, 0.2) is 0 Å². The quantitative estimate of drug-likeness (QED) is 0.647. The maximum atomic E-state index is 7.70. The summed E-state index contributed by atoms with van der Waals surface area (Å²) in [5.74, 6) is 0.977. The topological polar surface area (TPSA) is 72.0 Å². The SMILES string of the molecule is CC(C)CC(C)Oc1nc2ccccc2cc1C(=N)N. The molecule has 106 valence electrons. The number of rotatable bonds is 5. The van der Waals surface area contributed by atoms with Crippen LogP contribution in [0.4, 0.5) is 0 Å². The van der Waals surface area contributed by atoms with Crippen molar-refractivity contribution in [2.24, 2.45) is 11.7 Å². The zero-order valence-corrected chi connectivity index (χ0v) is 12.2. The molecule has 0 saturated carbocycles. The van der Waals surface area contributed by atoms with Gasteiger partial charge in [0.25, 0.3) is 0 Å². The molecule has 1 atom stereocenters. The van der Waals surface area contributed by atoms with Crippen molar-refractivity contribution in [3.63, 3.8) is 0 Å². The second-order valence-electron chi connectivity index (χ2n) is 5.51. The van der Waals surface area contributed by atoms with Gasteiger partial charge in [-0.25, -0.2) is 4.98 Å². The molecule has 20 heavy (non-hydrogen) atoms. The number of amidine groups is 1. The maximum Gasteiger partial charge on any atom is 0.225 e. The highest BCUT2D eigenvalue weighted by Gasteiger charge is 2.14. The van der Waals surface area contributed by atoms with Gasteiger partial charge >= 0.3 is 0 Å². The predicted molar refractivity (Wildman–Crippen MR) is 82.3 cm³/mol. The highest BCUT2D eigenvalue weighted by molar-refractivity contribution is 6.00. The Kier molecular flexibility index (Phi) is 4.23. The van der Waals surface area contributed by atoms with E-state index in [0.717, 1.165) is 17.3 Å². The van der Waals surface area contributed by atoms with Gasteiger partial charge in [-0.1, -0.05) is 32.0 Å². The van der Waals surface area contributed by atoms with Crippen LogP contribution in [0.25, 0.3) is 10.9 Å². The Balaban J connectivity index is 2.39. The first-order valence-corrected chi connectivity index (χ1v) is 6.88. The smallest absolute Gasteiger partial charge is 0.225 e. The molecule has 0 spiro atoms. The second-order valence-corrected chi connectivity index (χ2v) is 5.51. The van der Waals surface area contributed by atoms with Crippen LogP contribution in [-0.4, -0.2) is 16.9 Å². The van der Waals surface area contributed by atoms with E-state index < -0.39 is 0 Å². The summed E-state index contributed by atoms with van der Waals surface area (Å²) >= 11 is 0. The second kappa shape index (κ2) is 5.90. The van der Waals surface area contributed by atoms with Gasteiger partial charge in [0.1, 0.15) is 5.84 Å². The number of nitrogens with zero attached hydrogens (tertiary/aromatic N) is 1. The molecule has 2 rings (SSSR count). The summed E-state index contributed by atoms with van der Waals surface area (Å²) in [4.78, 5) is 4.50. The number of nitrogens with two attached hydrogens (primary N) is 1. The summed E-state index contributed by atoms with van der Waals surface area (Å²) in [5, 5.41) is 8.65. The van der Waals surface area contributed by atoms with Crippen LogP contribution < -0.4 is 10.5 Å². The molecular weight excluding hydrogens is 250 g/mol. The lowest BCUT2D eigenvalue weighted by atomic mass is 10.1. The molecule has 2 aromatic rings. The molecule has 0 amide bonds. The summed E-state index contributed by atoms with van der Waals surface area (Å²) in [6.07, 6.45) is 0.980. The van der Waals surface area contributed by atoms with Crippen molar-refractivity contribution >= 4 is 16.7 Å². The number of hydrogen-bond donors (Lipinski definition) is 2. The summed E-state index contributed by atoms with van der Waals surface area (Å²) in [7, 11) is 0. The van der Waals surface area contributed by atoms with Gasteiger partial charge < -0.3 is 10.5 Å². The molecule has 0 radical (unpaired) electrons. The number of nitrogen functional groups attached to an aromatic ring is 1. The lowest BCUT2D eigenvalue weighted by Gasteiger charge is -2.18. The number of pyridine rings is 1. The van der Waals surface area contributed by atoms with Crippen molar-refractivity contribution in [1.29, 1.82) is 5.41 Å². The van der Waals surface area contributed by atoms with E-state index in [-0.39, 0.29) is 11.9 Å². The lowest BCUT2D eigenvalue weighted by molar-refractivity contribution is 0.186. The Labute approximate surface area is 119 Å². The Bertz CT molecular complexity index is 622. The fraction of sp³-hybridized carbons (Fsp3) is 0.375. The Morgan fingerprint density at radius 2 is 2.00 bits per heavy atom. The highest BCUT2D eigenvalue weighted by Crippen LogP contribution is 2.23. The Morgan fingerprint density at radius 3 is 2.65 bits per heavy atom. The number of benzene rings is 1. The van der Waals surface area contributed by atoms with Crippen LogP contribution in [-0.2, 0) is 0 Å². The van der Waals surface area contributed by atoms with E-state index in [9.17, 15) is 0 Å². The standard InChI is InChI=1S/C16H21N3O/c1-10(2)8-11(3)20-16-13(15(17)18)9-12-6-4-5-7-14(12)19-16/h4-7,9-11H,8H2,1-3H3,(H3,17,18). The first-order chi connectivity index (χ1) is 9.47. The normalized spacial score (nSPS) is 12.6. The Hall–Kier alpha value is -2.10. The van der Waals surface area contributed by atoms with E-state index in [1.54, 1.807) is 0 Å². The van der Waals surface area contributed by atoms with Crippen molar-refractivity contribution in [2.75, 3.05) is 0 Å². The van der Waals surface area contributed by atoms with Crippen LogP contribution in [0.5, 0.6) is 5.88 Å². The fourth-order valence-corrected chi connectivity index (χ4v) is 2.28. The molecule has 0 saturated heterocycles. The molecule has 3 N–H and O–H groups in total. The maximum absolute atomic E-state index is 7.70. The first kappa shape index (κ1) is 14.3. The molecule has 0 aliphatic heterocycles. The van der Waals surface area contributed by atoms with Crippen molar-refractivity contribution in [1.82, 2.24) is 4.98 Å². The minimum Gasteiger partial charge on any atom is -0.474 e. The average molecular weight is 271 g/mol. The molecular formula is C16H21N3O. The van der Waals surface area contributed by atoms with Gasteiger partial charge in [0.2, 0.25) is 5.88 Å². The minimum atomic E-state index is -0.0185. The van der Waals surface area contributed by atoms with E-state index in [2.05, 4.69) is 18.8 Å². The molecule has 0 aliphatic carbocycles. The molecule has 0 aliphatic rings. The van der Waals surface area contributed by atoms with Gasteiger partial charge in [-0.2, -0.15) is 0 Å². The van der Waals surface area contributed by atoms with Crippen molar-refractivity contribution in [3.05, 3.63) is 35.9 Å². The number of hydrogen-bond acceptors (Lipinski definition) is 3. The van der Waals surface area contributed by atoms with Crippen LogP contribution in [0.3, 0.4) is 0 Å². The van der Waals surface area contributed by atoms with Gasteiger partial charge in [0, 0.05) is 5.39 Å². The molecule has 4 heteroatoms. The van der Waals surface area contributed by atoms with E-state index in [1.165, 1.54) is 0 Å². The van der Waals surface area contributed by atoms with Crippen LogP contribution in [0.1, 0.15) is 32.8 Å². The molecule has 4 nitrogen and oxygen atoms in total. The zero-order chi connectivity index (χ0) is 14.7. The molecule has 1 heterocycles. The summed E-state index contributed by atoms with van der Waals surface area (Å²) < 4.78 is 5.89. The third-order valence-corrected chi connectivity index (χ3v) is 3.10. The number of nitrogens with one attached hydrogen (secondary N) is 1. The highest BCUT2D eigenvalue weighted by atomic mass is 16.5. The number of ether oxygens (including phenoxy) is 1. The summed E-state index contributed by atoms with van der Waals surface area (Å²) in [6, 6.07) is 9.62. The fourth-order valence-electron chi connectivity index (χ4n) is 2.28. The van der Waals surface area contributed by atoms with Crippen LogP contribution in [0, 0.1) is 11.3 Å². The predicted octanol–water partition coefficient (Wildman–Crippen LogP) is 3.33. The Morgan fingerprint density at radius 1 is 1.30 bits per heavy atom. The monoisotopic (exact) mass is 271 g/mol.